The van der Waals surface area contributed by atoms with Gasteiger partial charge in [-0.15, -0.1) is 0 Å². The second kappa shape index (κ2) is 5.10. The lowest BCUT2D eigenvalue weighted by Crippen LogP contribution is -2.28. The van der Waals surface area contributed by atoms with Crippen molar-refractivity contribution in [3.63, 3.8) is 0 Å². The van der Waals surface area contributed by atoms with E-state index in [1.54, 1.807) is 6.07 Å². The molecule has 1 nitrogen and oxygen atoms in total. The second-order valence-electron chi connectivity index (χ2n) is 4.98. The molecule has 3 heteroatoms. The van der Waals surface area contributed by atoms with Gasteiger partial charge in [0.05, 0.1) is 0 Å². The minimum absolute atomic E-state index is 0.543. The average Bonchev–Trinajstić information content (AvgIpc) is 2.39. The van der Waals surface area contributed by atoms with E-state index >= 15 is 0 Å². The van der Waals surface area contributed by atoms with E-state index in [-0.39, 0.29) is 0 Å². The zero-order valence-corrected chi connectivity index (χ0v) is 10.5. The predicted molar refractivity (Wildman–Crippen MR) is 71.0 cm³/mol. The van der Waals surface area contributed by atoms with Gasteiger partial charge in [-0.2, -0.15) is 0 Å². The van der Waals surface area contributed by atoms with E-state index in [0.29, 0.717) is 12.5 Å². The van der Waals surface area contributed by atoms with Crippen LogP contribution in [-0.2, 0) is 13.0 Å². The first-order valence-electron chi connectivity index (χ1n) is 6.46. The largest absolute Gasteiger partial charge is 0.312 e. The summed E-state index contributed by atoms with van der Waals surface area (Å²) in [5.74, 6) is -1.04. The van der Waals surface area contributed by atoms with Crippen molar-refractivity contribution in [2.75, 3.05) is 6.54 Å². The molecule has 3 rings (SSSR count). The Labute approximate surface area is 111 Å². The summed E-state index contributed by atoms with van der Waals surface area (Å²) in [6.07, 6.45) is 1.10. The van der Waals surface area contributed by atoms with Crippen LogP contribution in [0.4, 0.5) is 8.78 Å². The normalized spacial score (nSPS) is 16.8. The van der Waals surface area contributed by atoms with Crippen LogP contribution in [0.3, 0.4) is 0 Å². The first kappa shape index (κ1) is 12.3. The number of hydrogen-bond donors (Lipinski definition) is 1. The molecule has 0 heterocycles. The highest BCUT2D eigenvalue weighted by Gasteiger charge is 2.24. The molecule has 1 N–H and O–H groups in total. The van der Waals surface area contributed by atoms with Crippen molar-refractivity contribution in [1.82, 2.24) is 5.32 Å². The van der Waals surface area contributed by atoms with Gasteiger partial charge in [0.2, 0.25) is 0 Å². The van der Waals surface area contributed by atoms with Gasteiger partial charge < -0.3 is 5.32 Å². The molecule has 98 valence electrons. The summed E-state index contributed by atoms with van der Waals surface area (Å²) < 4.78 is 25.8. The lowest BCUT2D eigenvalue weighted by molar-refractivity contribution is 0.503. The fraction of sp³-hybridized carbons (Fsp3) is 0.250. The van der Waals surface area contributed by atoms with Gasteiger partial charge in [-0.3, -0.25) is 0 Å². The molecule has 0 aliphatic heterocycles. The van der Waals surface area contributed by atoms with Crippen molar-refractivity contribution in [3.05, 3.63) is 70.8 Å². The maximum atomic E-state index is 13.0. The standard InChI is InChI=1S/C16H15F2N/c17-15-6-5-11(7-16(15)18)9-19-10-13-8-12-3-1-2-4-14(12)13/h1-7,13,19H,8-10H2. The molecule has 19 heavy (non-hydrogen) atoms. The summed E-state index contributed by atoms with van der Waals surface area (Å²) in [7, 11) is 0. The molecule has 1 unspecified atom stereocenters. The van der Waals surface area contributed by atoms with Gasteiger partial charge in [0, 0.05) is 19.0 Å². The molecule has 0 saturated carbocycles. The van der Waals surface area contributed by atoms with Crippen LogP contribution in [0.25, 0.3) is 0 Å². The van der Waals surface area contributed by atoms with E-state index in [0.717, 1.165) is 18.5 Å². The quantitative estimate of drug-likeness (QED) is 0.887. The Bertz CT molecular complexity index is 595. The first-order valence-corrected chi connectivity index (χ1v) is 6.46. The monoisotopic (exact) mass is 259 g/mol. The molecule has 0 aromatic heterocycles. The lowest BCUT2D eigenvalue weighted by atomic mass is 9.77. The van der Waals surface area contributed by atoms with Gasteiger partial charge in [0.1, 0.15) is 0 Å². The van der Waals surface area contributed by atoms with Gasteiger partial charge in [-0.1, -0.05) is 30.3 Å². The number of fused-ring (bicyclic) bond motifs is 1. The third kappa shape index (κ3) is 2.51. The van der Waals surface area contributed by atoms with Gasteiger partial charge in [-0.05, 0) is 35.2 Å². The van der Waals surface area contributed by atoms with Gasteiger partial charge in [0.15, 0.2) is 11.6 Å². The fourth-order valence-corrected chi connectivity index (χ4v) is 2.59. The molecule has 2 aromatic carbocycles. The van der Waals surface area contributed by atoms with Crippen LogP contribution in [0, 0.1) is 11.6 Å². The van der Waals surface area contributed by atoms with Gasteiger partial charge in [0.25, 0.3) is 0 Å². The minimum atomic E-state index is -0.795. The second-order valence-corrected chi connectivity index (χ2v) is 4.98. The topological polar surface area (TPSA) is 12.0 Å². The number of benzene rings is 2. The molecule has 1 aliphatic carbocycles. The zero-order chi connectivity index (χ0) is 13.2. The molecular weight excluding hydrogens is 244 g/mol. The summed E-state index contributed by atoms with van der Waals surface area (Å²) >= 11 is 0. The maximum Gasteiger partial charge on any atom is 0.159 e. The van der Waals surface area contributed by atoms with Crippen LogP contribution in [0.15, 0.2) is 42.5 Å². The number of halogens is 2. The van der Waals surface area contributed by atoms with E-state index in [9.17, 15) is 8.78 Å². The smallest absolute Gasteiger partial charge is 0.159 e. The Morgan fingerprint density at radius 2 is 1.89 bits per heavy atom. The van der Waals surface area contributed by atoms with Crippen LogP contribution in [0.1, 0.15) is 22.6 Å². The number of nitrogens with one attached hydrogen (secondary N) is 1. The van der Waals surface area contributed by atoms with E-state index < -0.39 is 11.6 Å². The summed E-state index contributed by atoms with van der Waals surface area (Å²) in [6.45, 7) is 1.44. The SMILES string of the molecule is Fc1ccc(CNCC2Cc3ccccc32)cc1F. The van der Waals surface area contributed by atoms with Crippen molar-refractivity contribution < 1.29 is 8.78 Å². The molecule has 1 atom stereocenters. The molecule has 0 saturated heterocycles. The molecule has 2 aromatic rings. The highest BCUT2D eigenvalue weighted by Crippen LogP contribution is 2.33. The Morgan fingerprint density at radius 1 is 1.05 bits per heavy atom. The molecule has 0 amide bonds. The van der Waals surface area contributed by atoms with Crippen LogP contribution >= 0.6 is 0 Å². The van der Waals surface area contributed by atoms with Crippen molar-refractivity contribution in [2.45, 2.75) is 18.9 Å². The number of rotatable bonds is 4. The molecule has 0 spiro atoms. The third-order valence-electron chi connectivity index (χ3n) is 3.67. The summed E-state index contributed by atoms with van der Waals surface area (Å²) in [5.41, 5.74) is 3.59. The van der Waals surface area contributed by atoms with Gasteiger partial charge >= 0.3 is 0 Å². The Morgan fingerprint density at radius 3 is 2.68 bits per heavy atom. The third-order valence-corrected chi connectivity index (χ3v) is 3.67. The first-order chi connectivity index (χ1) is 9.24. The Kier molecular flexibility index (Phi) is 3.30. The fourth-order valence-electron chi connectivity index (χ4n) is 2.59. The van der Waals surface area contributed by atoms with Crippen LogP contribution in [0.2, 0.25) is 0 Å². The van der Waals surface area contributed by atoms with Crippen molar-refractivity contribution in [2.24, 2.45) is 0 Å². The summed E-state index contributed by atoms with van der Waals surface area (Å²) in [6, 6.07) is 12.5. The lowest BCUT2D eigenvalue weighted by Gasteiger charge is -2.30. The van der Waals surface area contributed by atoms with Crippen LogP contribution in [0.5, 0.6) is 0 Å². The average molecular weight is 259 g/mol. The van der Waals surface area contributed by atoms with Crippen molar-refractivity contribution in [1.29, 1.82) is 0 Å². The van der Waals surface area contributed by atoms with E-state index in [2.05, 4.69) is 29.6 Å². The summed E-state index contributed by atoms with van der Waals surface area (Å²) in [5, 5.41) is 3.30. The number of hydrogen-bond acceptors (Lipinski definition) is 1. The molecule has 0 bridgehead atoms. The molecule has 0 radical (unpaired) electrons. The predicted octanol–water partition coefficient (Wildman–Crippen LogP) is 3.39. The highest BCUT2D eigenvalue weighted by molar-refractivity contribution is 5.40. The highest BCUT2D eigenvalue weighted by atomic mass is 19.2. The van der Waals surface area contributed by atoms with Crippen molar-refractivity contribution in [3.8, 4) is 0 Å². The van der Waals surface area contributed by atoms with E-state index in [4.69, 9.17) is 0 Å². The minimum Gasteiger partial charge on any atom is -0.312 e. The molecule has 1 aliphatic rings. The maximum absolute atomic E-state index is 13.0. The Balaban J connectivity index is 1.53. The molecular formula is C16H15F2N. The Hall–Kier alpha value is -1.74. The van der Waals surface area contributed by atoms with Crippen LogP contribution < -0.4 is 5.32 Å². The summed E-state index contributed by atoms with van der Waals surface area (Å²) in [4.78, 5) is 0. The van der Waals surface area contributed by atoms with Crippen LogP contribution in [-0.4, -0.2) is 6.54 Å². The van der Waals surface area contributed by atoms with Gasteiger partial charge in [-0.25, -0.2) is 8.78 Å². The van der Waals surface area contributed by atoms with E-state index in [1.165, 1.54) is 23.3 Å². The zero-order valence-electron chi connectivity index (χ0n) is 10.5. The van der Waals surface area contributed by atoms with E-state index in [1.807, 2.05) is 0 Å². The van der Waals surface area contributed by atoms with Crippen molar-refractivity contribution >= 4 is 0 Å². The molecule has 0 fully saturated rings.